The van der Waals surface area contributed by atoms with Gasteiger partial charge >= 0.3 is 0 Å². The Morgan fingerprint density at radius 3 is 2.88 bits per heavy atom. The number of amides is 1. The van der Waals surface area contributed by atoms with Crippen LogP contribution >= 0.6 is 0 Å². The van der Waals surface area contributed by atoms with E-state index in [2.05, 4.69) is 17.8 Å². The minimum atomic E-state index is 0.0469. The van der Waals surface area contributed by atoms with Gasteiger partial charge in [-0.2, -0.15) is 0 Å². The standard InChI is InChI=1S/C19H27N3O4/c1-2-13-10-20-21-19(13)14-5-7-22(8-6-14)18(23)11-24-15-3-4-16-17(9-15)26-12-25-16/h3-4,9,13-14,19-21H,2,5-8,10-12H2,1H3. The SMILES string of the molecule is CCC1CNNC1C1CCN(C(=O)COc2ccc3c(c2)OCO3)CC1. The molecule has 3 aliphatic heterocycles. The average molecular weight is 361 g/mol. The van der Waals surface area contributed by atoms with Gasteiger partial charge in [-0.25, -0.2) is 0 Å². The number of hydrogen-bond donors (Lipinski definition) is 2. The number of nitrogens with one attached hydrogen (secondary N) is 2. The molecule has 7 heteroatoms. The topological polar surface area (TPSA) is 72.1 Å². The highest BCUT2D eigenvalue weighted by atomic mass is 16.7. The Morgan fingerprint density at radius 2 is 2.08 bits per heavy atom. The molecule has 4 rings (SSSR count). The lowest BCUT2D eigenvalue weighted by Gasteiger charge is -2.36. The number of hydrazine groups is 1. The van der Waals surface area contributed by atoms with Crippen LogP contribution in [0.5, 0.6) is 17.2 Å². The average Bonchev–Trinajstić information content (AvgIpc) is 3.34. The van der Waals surface area contributed by atoms with Crippen LogP contribution in [0, 0.1) is 11.8 Å². The second-order valence-electron chi connectivity index (χ2n) is 7.24. The molecule has 1 aromatic rings. The maximum absolute atomic E-state index is 12.5. The summed E-state index contributed by atoms with van der Waals surface area (Å²) >= 11 is 0. The molecule has 0 aliphatic carbocycles. The quantitative estimate of drug-likeness (QED) is 0.829. The van der Waals surface area contributed by atoms with Crippen LogP contribution in [0.15, 0.2) is 18.2 Å². The lowest BCUT2D eigenvalue weighted by atomic mass is 9.82. The molecule has 0 saturated carbocycles. The first-order valence-corrected chi connectivity index (χ1v) is 9.53. The predicted molar refractivity (Wildman–Crippen MR) is 96.1 cm³/mol. The Morgan fingerprint density at radius 1 is 1.27 bits per heavy atom. The summed E-state index contributed by atoms with van der Waals surface area (Å²) in [7, 11) is 0. The zero-order valence-electron chi connectivity index (χ0n) is 15.2. The van der Waals surface area contributed by atoms with Crippen molar-refractivity contribution in [2.24, 2.45) is 11.8 Å². The van der Waals surface area contributed by atoms with Gasteiger partial charge < -0.3 is 19.1 Å². The Kier molecular flexibility index (Phi) is 5.17. The Bertz CT molecular complexity index is 646. The van der Waals surface area contributed by atoms with E-state index >= 15 is 0 Å². The summed E-state index contributed by atoms with van der Waals surface area (Å²) in [5.41, 5.74) is 6.73. The second-order valence-corrected chi connectivity index (χ2v) is 7.24. The minimum absolute atomic E-state index is 0.0469. The largest absolute Gasteiger partial charge is 0.484 e. The van der Waals surface area contributed by atoms with Crippen LogP contribution in [0.2, 0.25) is 0 Å². The van der Waals surface area contributed by atoms with Crippen LogP contribution in [-0.2, 0) is 4.79 Å². The molecule has 26 heavy (non-hydrogen) atoms. The van der Waals surface area contributed by atoms with Gasteiger partial charge in [-0.1, -0.05) is 13.3 Å². The zero-order valence-corrected chi connectivity index (χ0v) is 15.2. The monoisotopic (exact) mass is 361 g/mol. The highest BCUT2D eigenvalue weighted by molar-refractivity contribution is 5.77. The van der Waals surface area contributed by atoms with Gasteiger partial charge in [0.15, 0.2) is 18.1 Å². The maximum Gasteiger partial charge on any atom is 0.260 e. The number of hydrogen-bond acceptors (Lipinski definition) is 6. The molecular formula is C19H27N3O4. The van der Waals surface area contributed by atoms with E-state index in [0.29, 0.717) is 35.1 Å². The van der Waals surface area contributed by atoms with Crippen LogP contribution in [0.25, 0.3) is 0 Å². The first kappa shape index (κ1) is 17.4. The smallest absolute Gasteiger partial charge is 0.260 e. The number of piperidine rings is 1. The molecule has 142 valence electrons. The molecule has 2 atom stereocenters. The Hall–Kier alpha value is -1.99. The highest BCUT2D eigenvalue weighted by Crippen LogP contribution is 2.35. The normalized spacial score (nSPS) is 25.5. The van der Waals surface area contributed by atoms with E-state index in [1.165, 1.54) is 6.42 Å². The number of nitrogens with zero attached hydrogens (tertiary/aromatic N) is 1. The number of carbonyl (C=O) groups is 1. The van der Waals surface area contributed by atoms with Gasteiger partial charge in [0.05, 0.1) is 0 Å². The van der Waals surface area contributed by atoms with Crippen molar-refractivity contribution >= 4 is 5.91 Å². The van der Waals surface area contributed by atoms with Crippen molar-refractivity contribution in [1.82, 2.24) is 15.8 Å². The summed E-state index contributed by atoms with van der Waals surface area (Å²) in [5.74, 6) is 3.38. The van der Waals surface area contributed by atoms with E-state index in [4.69, 9.17) is 14.2 Å². The third-order valence-corrected chi connectivity index (χ3v) is 5.77. The molecule has 0 spiro atoms. The van der Waals surface area contributed by atoms with Gasteiger partial charge in [0.1, 0.15) is 5.75 Å². The number of benzene rings is 1. The molecule has 2 N–H and O–H groups in total. The molecule has 1 aromatic carbocycles. The number of carbonyl (C=O) groups excluding carboxylic acids is 1. The number of ether oxygens (including phenoxy) is 3. The second kappa shape index (κ2) is 7.72. The maximum atomic E-state index is 12.5. The van der Waals surface area contributed by atoms with Crippen LogP contribution < -0.4 is 25.1 Å². The molecule has 2 unspecified atom stereocenters. The fourth-order valence-corrected chi connectivity index (χ4v) is 4.16. The number of rotatable bonds is 5. The van der Waals surface area contributed by atoms with Crippen molar-refractivity contribution in [1.29, 1.82) is 0 Å². The third kappa shape index (κ3) is 3.59. The Balaban J connectivity index is 1.25. The van der Waals surface area contributed by atoms with Gasteiger partial charge in [0, 0.05) is 31.7 Å². The molecule has 2 fully saturated rings. The van der Waals surface area contributed by atoms with E-state index in [-0.39, 0.29) is 19.3 Å². The molecule has 0 bridgehead atoms. The van der Waals surface area contributed by atoms with E-state index in [9.17, 15) is 4.79 Å². The summed E-state index contributed by atoms with van der Waals surface area (Å²) in [6, 6.07) is 5.91. The molecule has 0 radical (unpaired) electrons. The molecular weight excluding hydrogens is 334 g/mol. The number of likely N-dealkylation sites (tertiary alicyclic amines) is 1. The van der Waals surface area contributed by atoms with Crippen LogP contribution in [0.1, 0.15) is 26.2 Å². The van der Waals surface area contributed by atoms with Crippen molar-refractivity contribution < 1.29 is 19.0 Å². The summed E-state index contributed by atoms with van der Waals surface area (Å²) in [6.07, 6.45) is 3.28. The van der Waals surface area contributed by atoms with Crippen molar-refractivity contribution in [3.63, 3.8) is 0 Å². The Labute approximate surface area is 153 Å². The van der Waals surface area contributed by atoms with Crippen molar-refractivity contribution in [3.05, 3.63) is 18.2 Å². The van der Waals surface area contributed by atoms with E-state index in [1.807, 2.05) is 4.90 Å². The summed E-state index contributed by atoms with van der Waals surface area (Å²) in [6.45, 7) is 5.20. The lowest BCUT2D eigenvalue weighted by Crippen LogP contribution is -2.47. The highest BCUT2D eigenvalue weighted by Gasteiger charge is 2.35. The first-order chi connectivity index (χ1) is 12.7. The predicted octanol–water partition coefficient (Wildman–Crippen LogP) is 1.54. The van der Waals surface area contributed by atoms with Gasteiger partial charge in [-0.05, 0) is 36.8 Å². The summed E-state index contributed by atoms with van der Waals surface area (Å²) in [4.78, 5) is 14.4. The molecule has 2 saturated heterocycles. The molecule has 1 amide bonds. The van der Waals surface area contributed by atoms with Crippen molar-refractivity contribution in [2.45, 2.75) is 32.2 Å². The molecule has 3 heterocycles. The van der Waals surface area contributed by atoms with Gasteiger partial charge in [-0.3, -0.25) is 15.6 Å². The third-order valence-electron chi connectivity index (χ3n) is 5.77. The summed E-state index contributed by atoms with van der Waals surface area (Å²) < 4.78 is 16.3. The molecule has 0 aromatic heterocycles. The van der Waals surface area contributed by atoms with Gasteiger partial charge in [0.25, 0.3) is 5.91 Å². The van der Waals surface area contributed by atoms with Gasteiger partial charge in [-0.15, -0.1) is 0 Å². The first-order valence-electron chi connectivity index (χ1n) is 9.53. The van der Waals surface area contributed by atoms with Crippen LogP contribution in [0.3, 0.4) is 0 Å². The van der Waals surface area contributed by atoms with Crippen molar-refractivity contribution in [3.8, 4) is 17.2 Å². The molecule has 3 aliphatic rings. The summed E-state index contributed by atoms with van der Waals surface area (Å²) in [5, 5.41) is 0. The molecule has 7 nitrogen and oxygen atoms in total. The lowest BCUT2D eigenvalue weighted by molar-refractivity contribution is -0.134. The fourth-order valence-electron chi connectivity index (χ4n) is 4.16. The zero-order chi connectivity index (χ0) is 17.9. The van der Waals surface area contributed by atoms with Gasteiger partial charge in [0.2, 0.25) is 6.79 Å². The van der Waals surface area contributed by atoms with E-state index in [0.717, 1.165) is 32.5 Å². The van der Waals surface area contributed by atoms with Crippen LogP contribution in [0.4, 0.5) is 0 Å². The van der Waals surface area contributed by atoms with Crippen LogP contribution in [-0.4, -0.2) is 49.9 Å². The minimum Gasteiger partial charge on any atom is -0.484 e. The fraction of sp³-hybridized carbons (Fsp3) is 0.632. The van der Waals surface area contributed by atoms with E-state index < -0.39 is 0 Å². The van der Waals surface area contributed by atoms with Crippen molar-refractivity contribution in [2.75, 3.05) is 33.0 Å². The number of fused-ring (bicyclic) bond motifs is 1. The van der Waals surface area contributed by atoms with E-state index in [1.54, 1.807) is 18.2 Å².